The molecule has 0 heterocycles. The van der Waals surface area contributed by atoms with E-state index in [9.17, 15) is 8.42 Å². The summed E-state index contributed by atoms with van der Waals surface area (Å²) in [6.45, 7) is 3.99. The Bertz CT molecular complexity index is 878. The molecule has 0 atom stereocenters. The van der Waals surface area contributed by atoms with Crippen LogP contribution in [0.25, 0.3) is 0 Å². The van der Waals surface area contributed by atoms with Gasteiger partial charge in [-0.1, -0.05) is 25.1 Å². The number of thiocarbonyl (C=S) groups is 1. The quantitative estimate of drug-likeness (QED) is 0.780. The third-order valence-electron chi connectivity index (χ3n) is 3.83. The zero-order chi connectivity index (χ0) is 18.6. The molecule has 0 radical (unpaired) electrons. The van der Waals surface area contributed by atoms with Crippen molar-refractivity contribution in [1.82, 2.24) is 4.31 Å². The van der Waals surface area contributed by atoms with Crippen LogP contribution in [0.4, 0.5) is 11.4 Å². The fraction of sp³-hybridized carbons (Fsp3) is 0.278. The highest BCUT2D eigenvalue weighted by Crippen LogP contribution is 2.22. The molecule has 2 N–H and O–H groups in total. The summed E-state index contributed by atoms with van der Waals surface area (Å²) in [5.74, 6) is 0. The van der Waals surface area contributed by atoms with Gasteiger partial charge in [0.15, 0.2) is 5.11 Å². The summed E-state index contributed by atoms with van der Waals surface area (Å²) in [4.78, 5) is 0.224. The highest BCUT2D eigenvalue weighted by atomic mass is 32.2. The summed E-state index contributed by atoms with van der Waals surface area (Å²) in [7, 11) is -0.472. The van der Waals surface area contributed by atoms with E-state index in [-0.39, 0.29) is 4.90 Å². The molecule has 0 saturated carbocycles. The van der Waals surface area contributed by atoms with Gasteiger partial charge in [-0.15, -0.1) is 0 Å². The number of sulfonamides is 1. The average molecular weight is 378 g/mol. The minimum Gasteiger partial charge on any atom is -0.332 e. The van der Waals surface area contributed by atoms with Crippen LogP contribution in [0.5, 0.6) is 0 Å². The summed E-state index contributed by atoms with van der Waals surface area (Å²) in [6, 6.07) is 13.0. The molecule has 0 unspecified atom stereocenters. The van der Waals surface area contributed by atoms with Crippen molar-refractivity contribution >= 4 is 38.7 Å². The van der Waals surface area contributed by atoms with Gasteiger partial charge in [-0.3, -0.25) is 0 Å². The molecule has 0 amide bonds. The van der Waals surface area contributed by atoms with Gasteiger partial charge in [0.25, 0.3) is 0 Å². The van der Waals surface area contributed by atoms with Crippen LogP contribution in [0, 0.1) is 6.92 Å². The van der Waals surface area contributed by atoms with E-state index >= 15 is 0 Å². The molecule has 5 nitrogen and oxygen atoms in total. The SMILES string of the molecule is CCc1cccc(NC(=S)Nc2cc(S(=O)(=O)N(C)C)ccc2C)c1. The van der Waals surface area contributed by atoms with Crippen molar-refractivity contribution in [1.29, 1.82) is 0 Å². The Morgan fingerprint density at radius 2 is 1.84 bits per heavy atom. The van der Waals surface area contributed by atoms with Gasteiger partial charge in [0.2, 0.25) is 10.0 Å². The van der Waals surface area contributed by atoms with Crippen molar-refractivity contribution < 1.29 is 8.42 Å². The third kappa shape index (κ3) is 4.78. The summed E-state index contributed by atoms with van der Waals surface area (Å²) < 4.78 is 25.8. The Morgan fingerprint density at radius 3 is 2.48 bits per heavy atom. The number of hydrogen-bond acceptors (Lipinski definition) is 3. The van der Waals surface area contributed by atoms with Crippen LogP contribution in [0.2, 0.25) is 0 Å². The first kappa shape index (κ1) is 19.4. The van der Waals surface area contributed by atoms with E-state index in [0.29, 0.717) is 10.8 Å². The van der Waals surface area contributed by atoms with E-state index in [1.807, 2.05) is 25.1 Å². The highest BCUT2D eigenvalue weighted by Gasteiger charge is 2.18. The standard InChI is InChI=1S/C18H23N3O2S2/c1-5-14-7-6-8-15(11-14)19-18(24)20-17-12-16(10-9-13(17)2)25(22,23)21(3)4/h6-12H,5H2,1-4H3,(H2,19,20,24). The lowest BCUT2D eigenvalue weighted by Gasteiger charge is -2.16. The van der Waals surface area contributed by atoms with Crippen molar-refractivity contribution in [3.05, 3.63) is 53.6 Å². The lowest BCUT2D eigenvalue weighted by molar-refractivity contribution is 0.521. The van der Waals surface area contributed by atoms with Gasteiger partial charge in [-0.25, -0.2) is 12.7 Å². The number of aryl methyl sites for hydroxylation is 2. The Kier molecular flexibility index (Phi) is 6.16. The third-order valence-corrected chi connectivity index (χ3v) is 5.84. The number of rotatable bonds is 5. The molecule has 0 saturated heterocycles. The second kappa shape index (κ2) is 7.95. The Hall–Kier alpha value is -1.96. The maximum Gasteiger partial charge on any atom is 0.242 e. The van der Waals surface area contributed by atoms with Crippen molar-refractivity contribution in [2.24, 2.45) is 0 Å². The molecule has 0 aromatic heterocycles. The minimum atomic E-state index is -3.49. The van der Waals surface area contributed by atoms with Gasteiger partial charge in [0, 0.05) is 25.5 Å². The summed E-state index contributed by atoms with van der Waals surface area (Å²) in [6.07, 6.45) is 0.944. The summed E-state index contributed by atoms with van der Waals surface area (Å²) >= 11 is 5.36. The van der Waals surface area contributed by atoms with E-state index in [0.717, 1.165) is 17.7 Å². The Balaban J connectivity index is 2.20. The smallest absolute Gasteiger partial charge is 0.242 e. The van der Waals surface area contributed by atoms with Crippen LogP contribution in [0.3, 0.4) is 0 Å². The van der Waals surface area contributed by atoms with Crippen LogP contribution >= 0.6 is 12.2 Å². The maximum atomic E-state index is 12.3. The van der Waals surface area contributed by atoms with Crippen LogP contribution in [0.1, 0.15) is 18.1 Å². The summed E-state index contributed by atoms with van der Waals surface area (Å²) in [5, 5.41) is 6.63. The van der Waals surface area contributed by atoms with Gasteiger partial charge in [-0.2, -0.15) is 0 Å². The Morgan fingerprint density at radius 1 is 1.12 bits per heavy atom. The van der Waals surface area contributed by atoms with Crippen LogP contribution in [-0.2, 0) is 16.4 Å². The van der Waals surface area contributed by atoms with Gasteiger partial charge in [0.1, 0.15) is 0 Å². The predicted molar refractivity (Wildman–Crippen MR) is 108 cm³/mol. The van der Waals surface area contributed by atoms with E-state index in [2.05, 4.69) is 23.6 Å². The zero-order valence-corrected chi connectivity index (χ0v) is 16.5. The molecule has 0 bridgehead atoms. The summed E-state index contributed by atoms with van der Waals surface area (Å²) in [5.41, 5.74) is 3.67. The molecular formula is C18H23N3O2S2. The zero-order valence-electron chi connectivity index (χ0n) is 14.8. The molecule has 2 aromatic carbocycles. The Labute approximate surface area is 155 Å². The van der Waals surface area contributed by atoms with E-state index in [1.165, 1.54) is 24.0 Å². The number of nitrogens with zero attached hydrogens (tertiary/aromatic N) is 1. The van der Waals surface area contributed by atoms with Crippen LogP contribution in [0.15, 0.2) is 47.4 Å². The first-order chi connectivity index (χ1) is 11.7. The van der Waals surface area contributed by atoms with Crippen LogP contribution < -0.4 is 10.6 Å². The first-order valence-corrected chi connectivity index (χ1v) is 9.79. The van der Waals surface area contributed by atoms with Crippen molar-refractivity contribution in [2.75, 3.05) is 24.7 Å². The topological polar surface area (TPSA) is 61.4 Å². The molecule has 0 aliphatic rings. The number of anilines is 2. The van der Waals surface area contributed by atoms with Gasteiger partial charge in [-0.05, 0) is 61.0 Å². The molecule has 25 heavy (non-hydrogen) atoms. The van der Waals surface area contributed by atoms with Crippen molar-refractivity contribution in [2.45, 2.75) is 25.2 Å². The fourth-order valence-corrected chi connectivity index (χ4v) is 3.42. The number of nitrogens with one attached hydrogen (secondary N) is 2. The molecule has 2 aromatic rings. The molecule has 0 aliphatic carbocycles. The predicted octanol–water partition coefficient (Wildman–Crippen LogP) is 3.62. The normalized spacial score (nSPS) is 11.4. The average Bonchev–Trinajstić information content (AvgIpc) is 2.56. The van der Waals surface area contributed by atoms with Crippen LogP contribution in [-0.4, -0.2) is 31.9 Å². The minimum absolute atomic E-state index is 0.224. The lowest BCUT2D eigenvalue weighted by atomic mass is 10.1. The van der Waals surface area contributed by atoms with E-state index in [1.54, 1.807) is 18.2 Å². The number of hydrogen-bond donors (Lipinski definition) is 2. The molecule has 0 aliphatic heterocycles. The lowest BCUT2D eigenvalue weighted by Crippen LogP contribution is -2.23. The fourth-order valence-electron chi connectivity index (χ4n) is 2.26. The monoisotopic (exact) mass is 377 g/mol. The largest absolute Gasteiger partial charge is 0.332 e. The highest BCUT2D eigenvalue weighted by molar-refractivity contribution is 7.89. The van der Waals surface area contributed by atoms with E-state index < -0.39 is 10.0 Å². The van der Waals surface area contributed by atoms with E-state index in [4.69, 9.17) is 12.2 Å². The van der Waals surface area contributed by atoms with Gasteiger partial charge < -0.3 is 10.6 Å². The second-order valence-corrected chi connectivity index (χ2v) is 8.46. The van der Waals surface area contributed by atoms with Crippen molar-refractivity contribution in [3.8, 4) is 0 Å². The second-order valence-electron chi connectivity index (χ2n) is 5.90. The van der Waals surface area contributed by atoms with Gasteiger partial charge in [0.05, 0.1) is 4.90 Å². The molecule has 2 rings (SSSR count). The molecular weight excluding hydrogens is 354 g/mol. The number of benzene rings is 2. The first-order valence-electron chi connectivity index (χ1n) is 7.94. The molecule has 134 valence electrons. The molecule has 0 spiro atoms. The molecule has 7 heteroatoms. The van der Waals surface area contributed by atoms with Gasteiger partial charge >= 0.3 is 0 Å². The molecule has 0 fully saturated rings. The van der Waals surface area contributed by atoms with Crippen molar-refractivity contribution in [3.63, 3.8) is 0 Å². The maximum absolute atomic E-state index is 12.3.